The van der Waals surface area contributed by atoms with Crippen molar-refractivity contribution in [2.75, 3.05) is 7.04 Å². The predicted molar refractivity (Wildman–Crippen MR) is 42.7 cm³/mol. The molecule has 0 spiro atoms. The average molecular weight is 210 g/mol. The summed E-state index contributed by atoms with van der Waals surface area (Å²) in [4.78, 5) is 3.56. The average Bonchev–Trinajstić information content (AvgIpc) is 2.16. The Bertz CT molecular complexity index is 473. The van der Waals surface area contributed by atoms with Crippen LogP contribution in [-0.2, 0) is 11.3 Å². The molecule has 0 N–H and O–H groups in total. The summed E-state index contributed by atoms with van der Waals surface area (Å²) >= 11 is 2.84. The molecule has 1 aromatic rings. The zero-order chi connectivity index (χ0) is 14.3. The van der Waals surface area contributed by atoms with Crippen molar-refractivity contribution in [1.82, 2.24) is 4.98 Å². The van der Waals surface area contributed by atoms with E-state index in [-0.39, 0.29) is 10.6 Å². The summed E-state index contributed by atoms with van der Waals surface area (Å²) in [5, 5.41) is 0. The first-order chi connectivity index (χ1) is 7.96. The Balaban J connectivity index is 3.33. The number of ether oxygens (including phenoxy) is 1. The molecule has 0 aliphatic carbocycles. The Labute approximate surface area is 79.6 Å². The number of hydrogen-bond donors (Lipinski definition) is 0. The predicted octanol–water partition coefficient (Wildman–Crippen LogP) is 1.99. The maximum absolute atomic E-state index is 7.50. The molecular weight excluding hydrogens is 194 g/mol. The van der Waals surface area contributed by atoms with Gasteiger partial charge in [-0.3, -0.25) is 0 Å². The van der Waals surface area contributed by atoms with E-state index in [4.69, 9.17) is 11.0 Å². The molecule has 0 fully saturated rings. The quantitative estimate of drug-likeness (QED) is 0.696. The SMILES string of the molecule is [2H]c1c(Br)nc(C([2H])([2H])OC([2H])([2H])[2H])c([2H])c1[2H]. The van der Waals surface area contributed by atoms with Crippen molar-refractivity contribution >= 4 is 15.9 Å². The van der Waals surface area contributed by atoms with Crippen LogP contribution in [0.15, 0.2) is 22.7 Å². The zero-order valence-corrected chi connectivity index (χ0v) is 6.32. The van der Waals surface area contributed by atoms with Crippen LogP contribution in [0.5, 0.6) is 0 Å². The summed E-state index contributed by atoms with van der Waals surface area (Å²) in [6.45, 7) is -2.85. The molecule has 1 aromatic heterocycles. The number of nitrogens with zero attached hydrogens (tertiary/aromatic N) is 1. The van der Waals surface area contributed by atoms with E-state index < -0.39 is 31.4 Å². The molecule has 0 bridgehead atoms. The normalized spacial score (nSPS) is 24.1. The summed E-state index contributed by atoms with van der Waals surface area (Å²) in [6.07, 6.45) is 0. The minimum absolute atomic E-state index is 0.156. The van der Waals surface area contributed by atoms with Gasteiger partial charge in [0.2, 0.25) is 0 Å². The number of rotatable bonds is 2. The maximum atomic E-state index is 7.50. The lowest BCUT2D eigenvalue weighted by Crippen LogP contribution is -1.90. The van der Waals surface area contributed by atoms with E-state index in [1.165, 1.54) is 0 Å². The molecule has 0 saturated carbocycles. The molecule has 0 atom stereocenters. The molecule has 2 nitrogen and oxygen atoms in total. The van der Waals surface area contributed by atoms with Gasteiger partial charge in [-0.25, -0.2) is 4.98 Å². The molecule has 1 rings (SSSR count). The van der Waals surface area contributed by atoms with E-state index in [1.54, 1.807) is 0 Å². The van der Waals surface area contributed by atoms with Crippen molar-refractivity contribution in [3.05, 3.63) is 28.4 Å². The van der Waals surface area contributed by atoms with E-state index in [0.717, 1.165) is 0 Å². The second-order valence-electron chi connectivity index (χ2n) is 1.33. The summed E-state index contributed by atoms with van der Waals surface area (Å²) in [5.74, 6) is 0. The first-order valence-electron chi connectivity index (χ1n) is 6.29. The first-order valence-corrected chi connectivity index (χ1v) is 3.09. The second kappa shape index (κ2) is 3.68. The van der Waals surface area contributed by atoms with Crippen LogP contribution in [0.25, 0.3) is 0 Å². The fourth-order valence-corrected chi connectivity index (χ4v) is 0.669. The third-order valence-electron chi connectivity index (χ3n) is 0.704. The smallest absolute Gasteiger partial charge is 0.106 e. The second-order valence-corrected chi connectivity index (χ2v) is 2.08. The highest BCUT2D eigenvalue weighted by atomic mass is 79.9. The number of halogens is 1. The number of methoxy groups -OCH3 is 1. The minimum atomic E-state index is -3.01. The molecule has 0 amide bonds. The highest BCUT2D eigenvalue weighted by Gasteiger charge is 1.91. The topological polar surface area (TPSA) is 22.1 Å². The molecule has 0 aliphatic heterocycles. The van der Waals surface area contributed by atoms with Gasteiger partial charge in [-0.05, 0) is 28.0 Å². The van der Waals surface area contributed by atoms with Crippen LogP contribution >= 0.6 is 15.9 Å². The summed E-state index contributed by atoms with van der Waals surface area (Å²) < 4.78 is 61.8. The number of aromatic nitrogens is 1. The molecule has 54 valence electrons. The Morgan fingerprint density at radius 3 is 3.70 bits per heavy atom. The lowest BCUT2D eigenvalue weighted by atomic mass is 10.4. The van der Waals surface area contributed by atoms with Gasteiger partial charge < -0.3 is 4.74 Å². The fourth-order valence-electron chi connectivity index (χ4n) is 0.393. The Morgan fingerprint density at radius 2 is 2.90 bits per heavy atom. The van der Waals surface area contributed by atoms with Gasteiger partial charge in [-0.1, -0.05) is 6.04 Å². The summed E-state index contributed by atoms with van der Waals surface area (Å²) in [7, 11) is -3.01. The van der Waals surface area contributed by atoms with Crippen LogP contribution in [0.1, 0.15) is 16.7 Å². The van der Waals surface area contributed by atoms with Gasteiger partial charge in [-0.15, -0.1) is 0 Å². The van der Waals surface area contributed by atoms with Gasteiger partial charge in [0.1, 0.15) is 4.60 Å². The van der Waals surface area contributed by atoms with E-state index in [2.05, 4.69) is 25.7 Å². The van der Waals surface area contributed by atoms with Crippen molar-refractivity contribution in [1.29, 1.82) is 0 Å². The van der Waals surface area contributed by atoms with E-state index in [9.17, 15) is 0 Å². The highest BCUT2D eigenvalue weighted by Crippen LogP contribution is 2.06. The van der Waals surface area contributed by atoms with E-state index >= 15 is 0 Å². The first kappa shape index (κ1) is 2.29. The van der Waals surface area contributed by atoms with Crippen LogP contribution in [-0.4, -0.2) is 12.0 Å². The molecule has 0 radical (unpaired) electrons. The monoisotopic (exact) mass is 209 g/mol. The molecule has 10 heavy (non-hydrogen) atoms. The molecule has 3 heteroatoms. The Kier molecular flexibility index (Phi) is 0.843. The van der Waals surface area contributed by atoms with E-state index in [1.807, 2.05) is 0 Å². The fraction of sp³-hybridized carbons (Fsp3) is 0.286. The van der Waals surface area contributed by atoms with Crippen LogP contribution in [0.3, 0.4) is 0 Å². The van der Waals surface area contributed by atoms with Gasteiger partial charge in [0, 0.05) is 7.04 Å². The maximum Gasteiger partial charge on any atom is 0.106 e. The third-order valence-corrected chi connectivity index (χ3v) is 1.08. The van der Waals surface area contributed by atoms with Crippen molar-refractivity contribution in [3.8, 4) is 0 Å². The lowest BCUT2D eigenvalue weighted by molar-refractivity contribution is 0.181. The van der Waals surface area contributed by atoms with Crippen LogP contribution in [0.4, 0.5) is 0 Å². The van der Waals surface area contributed by atoms with Gasteiger partial charge in [-0.2, -0.15) is 0 Å². The standard InChI is InChI=1S/C7H8BrNO/c1-10-5-6-3-2-4-7(8)9-6/h2-4H,5H2,1H3/i1D3,2D,3D,4D,5D2. The van der Waals surface area contributed by atoms with Gasteiger partial charge in [0.15, 0.2) is 0 Å². The Morgan fingerprint density at radius 1 is 2.00 bits per heavy atom. The van der Waals surface area contributed by atoms with Crippen molar-refractivity contribution in [2.45, 2.75) is 6.56 Å². The van der Waals surface area contributed by atoms with Crippen molar-refractivity contribution in [2.24, 2.45) is 0 Å². The van der Waals surface area contributed by atoms with Gasteiger partial charge in [0.25, 0.3) is 0 Å². The number of hydrogen-bond acceptors (Lipinski definition) is 2. The molecular formula is C7H8BrNO. The summed E-state index contributed by atoms with van der Waals surface area (Å²) in [5.41, 5.74) is -0.661. The zero-order valence-electron chi connectivity index (χ0n) is 12.7. The minimum Gasteiger partial charge on any atom is -0.378 e. The molecule has 0 unspecified atom stereocenters. The third kappa shape index (κ3) is 2.08. The van der Waals surface area contributed by atoms with Gasteiger partial charge >= 0.3 is 0 Å². The molecule has 0 saturated heterocycles. The summed E-state index contributed by atoms with van der Waals surface area (Å²) in [6, 6.07) is -1.63. The molecule has 0 aromatic carbocycles. The van der Waals surface area contributed by atoms with Gasteiger partial charge in [0.05, 0.1) is 23.2 Å². The Hall–Kier alpha value is -0.410. The van der Waals surface area contributed by atoms with Crippen LogP contribution in [0, 0.1) is 0 Å². The molecule has 0 aliphatic rings. The van der Waals surface area contributed by atoms with E-state index in [0.29, 0.717) is 0 Å². The largest absolute Gasteiger partial charge is 0.378 e. The molecule has 1 heterocycles. The van der Waals surface area contributed by atoms with Crippen LogP contribution < -0.4 is 0 Å². The van der Waals surface area contributed by atoms with Crippen molar-refractivity contribution in [3.63, 3.8) is 0 Å². The van der Waals surface area contributed by atoms with Crippen molar-refractivity contribution < 1.29 is 15.7 Å². The number of pyridine rings is 1. The highest BCUT2D eigenvalue weighted by molar-refractivity contribution is 9.10. The van der Waals surface area contributed by atoms with Crippen LogP contribution in [0.2, 0.25) is 0 Å². The lowest BCUT2D eigenvalue weighted by Gasteiger charge is -1.97.